The van der Waals surface area contributed by atoms with Crippen LogP contribution in [0.1, 0.15) is 17.4 Å². The van der Waals surface area contributed by atoms with Gasteiger partial charge in [-0.25, -0.2) is 4.68 Å². The number of aromatic nitrogens is 4. The lowest BCUT2D eigenvalue weighted by molar-refractivity contribution is -0.00523. The normalized spacial score (nSPS) is 26.1. The summed E-state index contributed by atoms with van der Waals surface area (Å²) in [7, 11) is 0. The monoisotopic (exact) mass is 257 g/mol. The smallest absolute Gasteiger partial charge is 0.0944 e. The van der Waals surface area contributed by atoms with E-state index in [1.54, 1.807) is 6.20 Å². The van der Waals surface area contributed by atoms with Gasteiger partial charge in [-0.05, 0) is 12.1 Å². The Labute approximate surface area is 111 Å². The Morgan fingerprint density at radius 2 is 2.32 bits per heavy atom. The molecule has 6 heteroatoms. The number of pyridine rings is 1. The molecule has 2 aromatic heterocycles. The fourth-order valence-corrected chi connectivity index (χ4v) is 2.92. The van der Waals surface area contributed by atoms with Crippen LogP contribution in [0.5, 0.6) is 0 Å². The fourth-order valence-electron chi connectivity index (χ4n) is 2.92. The van der Waals surface area contributed by atoms with Crippen molar-refractivity contribution in [3.63, 3.8) is 0 Å². The fraction of sp³-hybridized carbons (Fsp3) is 0.462. The minimum Gasteiger partial charge on any atom is -0.368 e. The lowest BCUT2D eigenvalue weighted by atomic mass is 10.2. The summed E-state index contributed by atoms with van der Waals surface area (Å²) in [6.45, 7) is 3.35. The zero-order chi connectivity index (χ0) is 12.7. The van der Waals surface area contributed by atoms with Crippen molar-refractivity contribution >= 4 is 0 Å². The van der Waals surface area contributed by atoms with Gasteiger partial charge in [-0.3, -0.25) is 9.88 Å². The molecule has 0 aliphatic carbocycles. The Hall–Kier alpha value is -1.79. The standard InChI is InChI=1S/C13H15N5O/c1-2-4-14-10(3-1)6-17-7-12-13(8-17)19-9-11-5-15-16-18(11)12/h1-5,12-13H,6-9H2/t12-,13-/m0/s1. The number of fused-ring (bicyclic) bond motifs is 3. The van der Waals surface area contributed by atoms with Crippen molar-refractivity contribution in [1.29, 1.82) is 0 Å². The van der Waals surface area contributed by atoms with Crippen LogP contribution in [0.15, 0.2) is 30.6 Å². The highest BCUT2D eigenvalue weighted by Crippen LogP contribution is 2.30. The topological polar surface area (TPSA) is 56.1 Å². The number of hydrogen-bond donors (Lipinski definition) is 0. The molecule has 2 aromatic rings. The van der Waals surface area contributed by atoms with Crippen molar-refractivity contribution in [3.8, 4) is 0 Å². The summed E-state index contributed by atoms with van der Waals surface area (Å²) in [6.07, 6.45) is 3.85. The Morgan fingerprint density at radius 1 is 1.32 bits per heavy atom. The second-order valence-electron chi connectivity index (χ2n) is 5.10. The molecule has 0 aromatic carbocycles. The van der Waals surface area contributed by atoms with Gasteiger partial charge in [0.1, 0.15) is 0 Å². The molecule has 4 rings (SSSR count). The molecule has 0 bridgehead atoms. The van der Waals surface area contributed by atoms with Gasteiger partial charge < -0.3 is 4.74 Å². The molecule has 0 saturated carbocycles. The van der Waals surface area contributed by atoms with Gasteiger partial charge >= 0.3 is 0 Å². The van der Waals surface area contributed by atoms with E-state index in [-0.39, 0.29) is 12.1 Å². The largest absolute Gasteiger partial charge is 0.368 e. The molecule has 0 radical (unpaired) electrons. The molecule has 2 aliphatic heterocycles. The number of rotatable bonds is 2. The number of nitrogens with zero attached hydrogens (tertiary/aromatic N) is 5. The van der Waals surface area contributed by atoms with Gasteiger partial charge in [-0.1, -0.05) is 11.3 Å². The molecule has 98 valence electrons. The van der Waals surface area contributed by atoms with Crippen molar-refractivity contribution in [3.05, 3.63) is 42.0 Å². The zero-order valence-corrected chi connectivity index (χ0v) is 10.5. The summed E-state index contributed by atoms with van der Waals surface area (Å²) in [5.74, 6) is 0. The van der Waals surface area contributed by atoms with Crippen molar-refractivity contribution in [2.24, 2.45) is 0 Å². The third-order valence-corrected chi connectivity index (χ3v) is 3.83. The molecule has 2 atom stereocenters. The predicted molar refractivity (Wildman–Crippen MR) is 67.2 cm³/mol. The SMILES string of the molecule is c1ccc(CN2C[C@@H]3OCc4cnnn4[C@H]3C2)nc1. The van der Waals surface area contributed by atoms with Crippen molar-refractivity contribution in [1.82, 2.24) is 24.9 Å². The van der Waals surface area contributed by atoms with E-state index in [1.165, 1.54) is 0 Å². The van der Waals surface area contributed by atoms with Gasteiger partial charge in [0, 0.05) is 25.8 Å². The molecule has 6 nitrogen and oxygen atoms in total. The van der Waals surface area contributed by atoms with Gasteiger partial charge in [0.05, 0.1) is 36.3 Å². The molecule has 4 heterocycles. The van der Waals surface area contributed by atoms with Gasteiger partial charge in [0.15, 0.2) is 0 Å². The van der Waals surface area contributed by atoms with Crippen molar-refractivity contribution in [2.75, 3.05) is 13.1 Å². The minimum absolute atomic E-state index is 0.220. The highest BCUT2D eigenvalue weighted by atomic mass is 16.5. The third kappa shape index (κ3) is 1.93. The van der Waals surface area contributed by atoms with E-state index in [0.717, 1.165) is 31.0 Å². The first-order valence-corrected chi connectivity index (χ1v) is 6.53. The van der Waals surface area contributed by atoms with E-state index in [9.17, 15) is 0 Å². The maximum Gasteiger partial charge on any atom is 0.0944 e. The molecule has 0 N–H and O–H groups in total. The summed E-state index contributed by atoms with van der Waals surface area (Å²) in [4.78, 5) is 6.75. The summed E-state index contributed by atoms with van der Waals surface area (Å²) < 4.78 is 7.91. The Kier molecular flexibility index (Phi) is 2.56. The number of likely N-dealkylation sites (tertiary alicyclic amines) is 1. The lowest BCUT2D eigenvalue weighted by Crippen LogP contribution is -2.32. The van der Waals surface area contributed by atoms with Crippen LogP contribution in [-0.2, 0) is 17.9 Å². The third-order valence-electron chi connectivity index (χ3n) is 3.83. The Bertz CT molecular complexity index is 569. The average Bonchev–Trinajstić information content (AvgIpc) is 3.04. The van der Waals surface area contributed by atoms with Crippen LogP contribution >= 0.6 is 0 Å². The molecule has 1 saturated heterocycles. The van der Waals surface area contributed by atoms with Gasteiger partial charge in [-0.15, -0.1) is 5.10 Å². The average molecular weight is 257 g/mol. The molecule has 0 spiro atoms. The molecule has 0 unspecified atom stereocenters. The maximum absolute atomic E-state index is 5.89. The minimum atomic E-state index is 0.220. The number of hydrogen-bond acceptors (Lipinski definition) is 5. The van der Waals surface area contributed by atoms with E-state index in [1.807, 2.05) is 23.0 Å². The highest BCUT2D eigenvalue weighted by molar-refractivity contribution is 5.06. The molecule has 2 aliphatic rings. The Morgan fingerprint density at radius 3 is 3.21 bits per heavy atom. The second kappa shape index (κ2) is 4.40. The first-order chi connectivity index (χ1) is 9.40. The van der Waals surface area contributed by atoms with Gasteiger partial charge in [0.25, 0.3) is 0 Å². The summed E-state index contributed by atoms with van der Waals surface area (Å²) in [5, 5.41) is 8.16. The Balaban J connectivity index is 1.52. The van der Waals surface area contributed by atoms with Gasteiger partial charge in [-0.2, -0.15) is 0 Å². The van der Waals surface area contributed by atoms with E-state index >= 15 is 0 Å². The van der Waals surface area contributed by atoms with E-state index in [4.69, 9.17) is 4.74 Å². The van der Waals surface area contributed by atoms with Crippen LogP contribution < -0.4 is 0 Å². The highest BCUT2D eigenvalue weighted by Gasteiger charge is 2.39. The zero-order valence-electron chi connectivity index (χ0n) is 10.5. The van der Waals surface area contributed by atoms with Gasteiger partial charge in [0.2, 0.25) is 0 Å². The van der Waals surface area contributed by atoms with Crippen LogP contribution in [0, 0.1) is 0 Å². The summed E-state index contributed by atoms with van der Waals surface area (Å²) >= 11 is 0. The summed E-state index contributed by atoms with van der Waals surface area (Å²) in [6, 6.07) is 6.31. The maximum atomic E-state index is 5.89. The van der Waals surface area contributed by atoms with E-state index in [0.29, 0.717) is 6.61 Å². The van der Waals surface area contributed by atoms with Crippen molar-refractivity contribution < 1.29 is 4.74 Å². The van der Waals surface area contributed by atoms with Crippen LogP contribution in [0.25, 0.3) is 0 Å². The second-order valence-corrected chi connectivity index (χ2v) is 5.10. The number of ether oxygens (including phenoxy) is 1. The van der Waals surface area contributed by atoms with E-state index < -0.39 is 0 Å². The van der Waals surface area contributed by atoms with Crippen LogP contribution in [0.2, 0.25) is 0 Å². The first-order valence-electron chi connectivity index (χ1n) is 6.53. The van der Waals surface area contributed by atoms with Crippen LogP contribution in [0.3, 0.4) is 0 Å². The summed E-state index contributed by atoms with van der Waals surface area (Å²) in [5.41, 5.74) is 2.17. The lowest BCUT2D eigenvalue weighted by Gasteiger charge is -2.25. The predicted octanol–water partition coefficient (Wildman–Crippen LogP) is 0.629. The molecular weight excluding hydrogens is 242 g/mol. The van der Waals surface area contributed by atoms with Crippen molar-refractivity contribution in [2.45, 2.75) is 25.3 Å². The molecule has 19 heavy (non-hydrogen) atoms. The quantitative estimate of drug-likeness (QED) is 0.789. The molecular formula is C13H15N5O. The van der Waals surface area contributed by atoms with Crippen LogP contribution in [0.4, 0.5) is 0 Å². The van der Waals surface area contributed by atoms with Crippen LogP contribution in [-0.4, -0.2) is 44.1 Å². The first kappa shape index (κ1) is 11.1. The molecule has 1 fully saturated rings. The van der Waals surface area contributed by atoms with E-state index in [2.05, 4.69) is 26.3 Å². The molecule has 0 amide bonds.